The predicted octanol–water partition coefficient (Wildman–Crippen LogP) is 3.45. The second-order valence-electron chi connectivity index (χ2n) is 6.46. The number of nitrogens with zero attached hydrogens (tertiary/aromatic N) is 1. The Morgan fingerprint density at radius 2 is 1.82 bits per heavy atom. The lowest BCUT2D eigenvalue weighted by Crippen LogP contribution is -2.39. The Bertz CT molecular complexity index is 434. The molecule has 1 saturated heterocycles. The van der Waals surface area contributed by atoms with E-state index in [1.165, 1.54) is 18.4 Å². The Morgan fingerprint density at radius 3 is 2.41 bits per heavy atom. The largest absolute Gasteiger partial charge is 0.356 e. The van der Waals surface area contributed by atoms with Gasteiger partial charge in [-0.25, -0.2) is 0 Å². The number of hydrogen-bond acceptors (Lipinski definition) is 2. The Morgan fingerprint density at radius 1 is 1.18 bits per heavy atom. The molecule has 1 aliphatic heterocycles. The van der Waals surface area contributed by atoms with Crippen LogP contribution in [0.15, 0.2) is 30.3 Å². The van der Waals surface area contributed by atoms with Crippen LogP contribution in [0.25, 0.3) is 0 Å². The van der Waals surface area contributed by atoms with Crippen LogP contribution in [0.1, 0.15) is 45.1 Å². The molecule has 0 radical (unpaired) electrons. The fourth-order valence-electron chi connectivity index (χ4n) is 3.24. The second kappa shape index (κ2) is 8.94. The molecule has 3 heteroatoms. The highest BCUT2D eigenvalue weighted by molar-refractivity contribution is 5.78. The summed E-state index contributed by atoms with van der Waals surface area (Å²) in [5, 5.41) is 3.16. The van der Waals surface area contributed by atoms with Crippen molar-refractivity contribution in [2.24, 2.45) is 11.8 Å². The zero-order chi connectivity index (χ0) is 15.8. The van der Waals surface area contributed by atoms with Gasteiger partial charge in [0, 0.05) is 19.0 Å². The maximum absolute atomic E-state index is 12.0. The van der Waals surface area contributed by atoms with Crippen LogP contribution < -0.4 is 5.32 Å². The number of benzene rings is 1. The van der Waals surface area contributed by atoms with E-state index in [0.29, 0.717) is 5.92 Å². The maximum Gasteiger partial charge on any atom is 0.223 e. The molecule has 0 unspecified atom stereocenters. The molecule has 1 heterocycles. The molecule has 0 aliphatic carbocycles. The zero-order valence-electron chi connectivity index (χ0n) is 14.1. The number of amides is 1. The first-order valence-electron chi connectivity index (χ1n) is 8.76. The van der Waals surface area contributed by atoms with Gasteiger partial charge in [0.25, 0.3) is 0 Å². The minimum absolute atomic E-state index is 0.193. The first kappa shape index (κ1) is 17.0. The molecular weight excluding hydrogens is 272 g/mol. The Labute approximate surface area is 135 Å². The maximum atomic E-state index is 12.0. The molecule has 0 atom stereocenters. The van der Waals surface area contributed by atoms with E-state index in [0.717, 1.165) is 39.0 Å². The summed E-state index contributed by atoms with van der Waals surface area (Å²) in [5.41, 5.74) is 1.39. The average Bonchev–Trinajstić information content (AvgIpc) is 2.56. The van der Waals surface area contributed by atoms with Crippen LogP contribution in [0.2, 0.25) is 0 Å². The fourth-order valence-corrected chi connectivity index (χ4v) is 3.24. The van der Waals surface area contributed by atoms with Gasteiger partial charge in [0.1, 0.15) is 0 Å². The van der Waals surface area contributed by atoms with Gasteiger partial charge in [0.2, 0.25) is 5.91 Å². The van der Waals surface area contributed by atoms with Gasteiger partial charge < -0.3 is 5.32 Å². The zero-order valence-corrected chi connectivity index (χ0v) is 14.1. The molecule has 122 valence electrons. The van der Waals surface area contributed by atoms with E-state index in [1.54, 1.807) is 0 Å². The molecule has 0 saturated carbocycles. The van der Waals surface area contributed by atoms with Gasteiger partial charge in [-0.1, -0.05) is 44.2 Å². The van der Waals surface area contributed by atoms with Crippen molar-refractivity contribution in [2.75, 3.05) is 19.6 Å². The van der Waals surface area contributed by atoms with E-state index < -0.39 is 0 Å². The van der Waals surface area contributed by atoms with Gasteiger partial charge in [0.05, 0.1) is 0 Å². The minimum Gasteiger partial charge on any atom is -0.356 e. The molecule has 0 bridgehead atoms. The highest BCUT2D eigenvalue weighted by Crippen LogP contribution is 2.18. The quantitative estimate of drug-likeness (QED) is 0.836. The minimum atomic E-state index is 0.193. The number of nitrogens with one attached hydrogen (secondary N) is 1. The van der Waals surface area contributed by atoms with E-state index in [4.69, 9.17) is 0 Å². The lowest BCUT2D eigenvalue weighted by molar-refractivity contribution is -0.125. The summed E-state index contributed by atoms with van der Waals surface area (Å²) in [6.45, 7) is 8.37. The molecule has 1 N–H and O–H groups in total. The van der Waals surface area contributed by atoms with E-state index in [-0.39, 0.29) is 11.8 Å². The number of carbonyl (C=O) groups is 1. The summed E-state index contributed by atoms with van der Waals surface area (Å²) < 4.78 is 0. The Balaban J connectivity index is 1.68. The van der Waals surface area contributed by atoms with Crippen LogP contribution in [0, 0.1) is 11.8 Å². The Kier molecular flexibility index (Phi) is 6.91. The molecule has 0 aromatic heterocycles. The van der Waals surface area contributed by atoms with Crippen molar-refractivity contribution in [3.8, 4) is 0 Å². The molecule has 1 aromatic rings. The highest BCUT2D eigenvalue weighted by Gasteiger charge is 2.21. The van der Waals surface area contributed by atoms with Crippen LogP contribution in [0.4, 0.5) is 0 Å². The van der Waals surface area contributed by atoms with Crippen molar-refractivity contribution in [1.29, 1.82) is 0 Å². The van der Waals surface area contributed by atoms with Crippen molar-refractivity contribution < 1.29 is 4.79 Å². The average molecular weight is 302 g/mol. The van der Waals surface area contributed by atoms with Crippen LogP contribution >= 0.6 is 0 Å². The van der Waals surface area contributed by atoms with Crippen LogP contribution in [0.3, 0.4) is 0 Å². The van der Waals surface area contributed by atoms with E-state index in [2.05, 4.69) is 54.4 Å². The van der Waals surface area contributed by atoms with Gasteiger partial charge in [-0.05, 0) is 50.3 Å². The molecule has 2 rings (SSSR count). The monoisotopic (exact) mass is 302 g/mol. The van der Waals surface area contributed by atoms with Crippen molar-refractivity contribution in [2.45, 2.75) is 46.1 Å². The number of hydrogen-bond donors (Lipinski definition) is 1. The Hall–Kier alpha value is -1.35. The number of piperidine rings is 1. The van der Waals surface area contributed by atoms with E-state index in [9.17, 15) is 4.79 Å². The van der Waals surface area contributed by atoms with Crippen LogP contribution in [-0.4, -0.2) is 30.4 Å². The molecule has 22 heavy (non-hydrogen) atoms. The van der Waals surface area contributed by atoms with Crippen molar-refractivity contribution in [1.82, 2.24) is 10.2 Å². The number of likely N-dealkylation sites (tertiary alicyclic amines) is 1. The summed E-state index contributed by atoms with van der Waals surface area (Å²) in [5.74, 6) is 1.08. The van der Waals surface area contributed by atoms with Gasteiger partial charge in [-0.3, -0.25) is 9.69 Å². The molecule has 1 aromatic carbocycles. The lowest BCUT2D eigenvalue weighted by atomic mass is 9.95. The summed E-state index contributed by atoms with van der Waals surface area (Å²) in [6.07, 6.45) is 4.27. The van der Waals surface area contributed by atoms with E-state index >= 15 is 0 Å². The SMILES string of the molecule is CCC(CC)C(=O)NCC1CCN(Cc2ccccc2)CC1. The first-order valence-corrected chi connectivity index (χ1v) is 8.76. The predicted molar refractivity (Wildman–Crippen MR) is 91.5 cm³/mol. The standard InChI is InChI=1S/C19H30N2O/c1-3-18(4-2)19(22)20-14-16-10-12-21(13-11-16)15-17-8-6-5-7-9-17/h5-9,16,18H,3-4,10-15H2,1-2H3,(H,20,22). The number of rotatable bonds is 7. The van der Waals surface area contributed by atoms with E-state index in [1.807, 2.05) is 0 Å². The van der Waals surface area contributed by atoms with Gasteiger partial charge >= 0.3 is 0 Å². The second-order valence-corrected chi connectivity index (χ2v) is 6.46. The summed E-state index contributed by atoms with van der Waals surface area (Å²) >= 11 is 0. The molecule has 1 amide bonds. The van der Waals surface area contributed by atoms with Crippen molar-refractivity contribution in [3.05, 3.63) is 35.9 Å². The topological polar surface area (TPSA) is 32.3 Å². The van der Waals surface area contributed by atoms with Gasteiger partial charge in [-0.2, -0.15) is 0 Å². The third-order valence-electron chi connectivity index (χ3n) is 4.88. The number of carbonyl (C=O) groups excluding carboxylic acids is 1. The molecular formula is C19H30N2O. The highest BCUT2D eigenvalue weighted by atomic mass is 16.1. The molecule has 1 fully saturated rings. The first-order chi connectivity index (χ1) is 10.7. The summed E-state index contributed by atoms with van der Waals surface area (Å²) in [7, 11) is 0. The lowest BCUT2D eigenvalue weighted by Gasteiger charge is -2.32. The third kappa shape index (κ3) is 5.13. The summed E-state index contributed by atoms with van der Waals surface area (Å²) in [6, 6.07) is 10.7. The molecule has 0 spiro atoms. The smallest absolute Gasteiger partial charge is 0.223 e. The summed E-state index contributed by atoms with van der Waals surface area (Å²) in [4.78, 5) is 14.6. The van der Waals surface area contributed by atoms with Crippen molar-refractivity contribution >= 4 is 5.91 Å². The van der Waals surface area contributed by atoms with Gasteiger partial charge in [-0.15, -0.1) is 0 Å². The van der Waals surface area contributed by atoms with Gasteiger partial charge in [0.15, 0.2) is 0 Å². The normalized spacial score (nSPS) is 16.9. The molecule has 3 nitrogen and oxygen atoms in total. The van der Waals surface area contributed by atoms with Crippen molar-refractivity contribution in [3.63, 3.8) is 0 Å². The third-order valence-corrected chi connectivity index (χ3v) is 4.88. The van der Waals surface area contributed by atoms with Crippen LogP contribution in [0.5, 0.6) is 0 Å². The fraction of sp³-hybridized carbons (Fsp3) is 0.632. The van der Waals surface area contributed by atoms with Crippen LogP contribution in [-0.2, 0) is 11.3 Å². The molecule has 1 aliphatic rings.